The summed E-state index contributed by atoms with van der Waals surface area (Å²) in [5.41, 5.74) is 4.92. The molecule has 5 rings (SSSR count). The number of hydrogen-bond acceptors (Lipinski definition) is 5. The van der Waals surface area contributed by atoms with E-state index in [0.29, 0.717) is 0 Å². The number of nitrogens with one attached hydrogen (secondary N) is 2. The fourth-order valence-electron chi connectivity index (χ4n) is 3.45. The Kier molecular flexibility index (Phi) is 3.43. The summed E-state index contributed by atoms with van der Waals surface area (Å²) in [6.45, 7) is 0. The van der Waals surface area contributed by atoms with Gasteiger partial charge in [-0.1, -0.05) is 6.07 Å². The van der Waals surface area contributed by atoms with Crippen molar-refractivity contribution >= 4 is 49.9 Å². The van der Waals surface area contributed by atoms with Crippen molar-refractivity contribution < 1.29 is 0 Å². The topological polar surface area (TPSA) is 69.7 Å². The minimum Gasteiger partial charge on any atom is -0.378 e. The van der Waals surface area contributed by atoms with Crippen LogP contribution in [0.4, 0.5) is 17.2 Å². The molecule has 0 radical (unpaired) electrons. The lowest BCUT2D eigenvalue weighted by molar-refractivity contribution is 1.13. The Morgan fingerprint density at radius 3 is 2.63 bits per heavy atom. The maximum Gasteiger partial charge on any atom is 0.155 e. The summed E-state index contributed by atoms with van der Waals surface area (Å²) in [7, 11) is 4.06. The molecule has 0 unspecified atom stereocenters. The highest BCUT2D eigenvalue weighted by Gasteiger charge is 2.14. The number of aromatic amines is 1. The fourth-order valence-corrected chi connectivity index (χ4v) is 3.45. The summed E-state index contributed by atoms with van der Waals surface area (Å²) in [4.78, 5) is 18.9. The average Bonchev–Trinajstić information content (AvgIpc) is 3.08. The van der Waals surface area contributed by atoms with Crippen LogP contribution in [0, 0.1) is 0 Å². The van der Waals surface area contributed by atoms with Gasteiger partial charge in [0.15, 0.2) is 5.82 Å². The Labute approximate surface area is 155 Å². The number of fused-ring (bicyclic) bond motifs is 5. The number of nitrogens with zero attached hydrogens (tertiary/aromatic N) is 4. The molecule has 5 aromatic rings. The largest absolute Gasteiger partial charge is 0.378 e. The van der Waals surface area contributed by atoms with Gasteiger partial charge in [-0.25, -0.2) is 4.98 Å². The van der Waals surface area contributed by atoms with Crippen LogP contribution in [0.1, 0.15) is 0 Å². The molecule has 0 amide bonds. The van der Waals surface area contributed by atoms with Gasteiger partial charge in [-0.3, -0.25) is 9.97 Å². The van der Waals surface area contributed by atoms with E-state index in [1.54, 1.807) is 12.4 Å². The van der Waals surface area contributed by atoms with E-state index >= 15 is 0 Å². The van der Waals surface area contributed by atoms with Crippen LogP contribution in [0.15, 0.2) is 61.2 Å². The molecule has 6 heteroatoms. The molecule has 27 heavy (non-hydrogen) atoms. The van der Waals surface area contributed by atoms with E-state index in [9.17, 15) is 0 Å². The molecule has 2 N–H and O–H groups in total. The monoisotopic (exact) mass is 354 g/mol. The molecule has 0 bridgehead atoms. The predicted octanol–water partition coefficient (Wildman–Crippen LogP) is 4.47. The van der Waals surface area contributed by atoms with Gasteiger partial charge < -0.3 is 15.2 Å². The number of benzene rings is 1. The van der Waals surface area contributed by atoms with E-state index in [-0.39, 0.29) is 0 Å². The molecule has 0 spiro atoms. The van der Waals surface area contributed by atoms with Crippen molar-refractivity contribution in [1.82, 2.24) is 19.9 Å². The summed E-state index contributed by atoms with van der Waals surface area (Å²) in [6, 6.07) is 12.3. The first-order valence-electron chi connectivity index (χ1n) is 8.74. The standard InChI is InChI=1S/C21H18N6/c1-27(2)14-5-3-4-13(10-14)24-21-20-19(15-6-8-22-11-17(15)25-20)16-7-9-23-12-18(16)26-21/h3-12,25H,1-2H3,(H,24,26). The lowest BCUT2D eigenvalue weighted by Crippen LogP contribution is -2.08. The van der Waals surface area contributed by atoms with E-state index in [1.807, 2.05) is 50.8 Å². The van der Waals surface area contributed by atoms with Gasteiger partial charge in [0.2, 0.25) is 0 Å². The smallest absolute Gasteiger partial charge is 0.155 e. The Balaban J connectivity index is 1.77. The summed E-state index contributed by atoms with van der Waals surface area (Å²) < 4.78 is 0. The number of hydrogen-bond donors (Lipinski definition) is 2. The predicted molar refractivity (Wildman–Crippen MR) is 111 cm³/mol. The van der Waals surface area contributed by atoms with E-state index in [2.05, 4.69) is 37.3 Å². The van der Waals surface area contributed by atoms with Crippen LogP contribution >= 0.6 is 0 Å². The molecule has 0 aliphatic carbocycles. The molecule has 132 valence electrons. The fraction of sp³-hybridized carbons (Fsp3) is 0.0952. The molecule has 4 heterocycles. The lowest BCUT2D eigenvalue weighted by Gasteiger charge is -2.15. The van der Waals surface area contributed by atoms with Gasteiger partial charge >= 0.3 is 0 Å². The molecule has 0 atom stereocenters. The normalized spacial score (nSPS) is 11.3. The molecule has 0 saturated heterocycles. The van der Waals surface area contributed by atoms with Gasteiger partial charge in [0.25, 0.3) is 0 Å². The van der Waals surface area contributed by atoms with Gasteiger partial charge in [0.1, 0.15) is 0 Å². The van der Waals surface area contributed by atoms with E-state index in [0.717, 1.165) is 49.9 Å². The van der Waals surface area contributed by atoms with Crippen LogP contribution in [0.3, 0.4) is 0 Å². The Morgan fingerprint density at radius 2 is 1.78 bits per heavy atom. The lowest BCUT2D eigenvalue weighted by atomic mass is 10.1. The third kappa shape index (κ3) is 2.54. The Hall–Kier alpha value is -3.67. The highest BCUT2D eigenvalue weighted by atomic mass is 15.1. The molecule has 0 fully saturated rings. The van der Waals surface area contributed by atoms with E-state index in [1.165, 1.54) is 0 Å². The first-order valence-corrected chi connectivity index (χ1v) is 8.74. The van der Waals surface area contributed by atoms with Crippen molar-refractivity contribution in [2.24, 2.45) is 0 Å². The van der Waals surface area contributed by atoms with Crippen molar-refractivity contribution in [1.29, 1.82) is 0 Å². The quantitative estimate of drug-likeness (QED) is 0.500. The average molecular weight is 354 g/mol. The number of aromatic nitrogens is 4. The summed E-state index contributed by atoms with van der Waals surface area (Å²) >= 11 is 0. The molecule has 6 nitrogen and oxygen atoms in total. The zero-order valence-corrected chi connectivity index (χ0v) is 15.1. The van der Waals surface area contributed by atoms with Crippen LogP contribution in [-0.4, -0.2) is 34.0 Å². The van der Waals surface area contributed by atoms with Gasteiger partial charge in [0.05, 0.1) is 28.9 Å². The van der Waals surface area contributed by atoms with Gasteiger partial charge in [-0.15, -0.1) is 0 Å². The molecule has 0 aliphatic heterocycles. The Bertz CT molecular complexity index is 1290. The van der Waals surface area contributed by atoms with Crippen molar-refractivity contribution in [2.45, 2.75) is 0 Å². The van der Waals surface area contributed by atoms with Crippen LogP contribution in [0.2, 0.25) is 0 Å². The third-order valence-corrected chi connectivity index (χ3v) is 4.76. The summed E-state index contributed by atoms with van der Waals surface area (Å²) in [5, 5.41) is 6.81. The van der Waals surface area contributed by atoms with Gasteiger partial charge in [-0.2, -0.15) is 0 Å². The molecule has 0 aliphatic rings. The second-order valence-electron chi connectivity index (χ2n) is 6.72. The van der Waals surface area contributed by atoms with Crippen LogP contribution in [-0.2, 0) is 0 Å². The maximum atomic E-state index is 4.83. The zero-order valence-electron chi connectivity index (χ0n) is 15.1. The highest BCUT2D eigenvalue weighted by molar-refractivity contribution is 6.21. The molecular formula is C21H18N6. The van der Waals surface area contributed by atoms with Crippen LogP contribution in [0.5, 0.6) is 0 Å². The molecule has 0 saturated carbocycles. The highest BCUT2D eigenvalue weighted by Crippen LogP contribution is 2.35. The van der Waals surface area contributed by atoms with Crippen molar-refractivity contribution in [3.63, 3.8) is 0 Å². The number of rotatable bonds is 3. The molecular weight excluding hydrogens is 336 g/mol. The van der Waals surface area contributed by atoms with E-state index < -0.39 is 0 Å². The number of anilines is 3. The summed E-state index contributed by atoms with van der Waals surface area (Å²) in [5.74, 6) is 0.776. The van der Waals surface area contributed by atoms with E-state index in [4.69, 9.17) is 4.98 Å². The van der Waals surface area contributed by atoms with Crippen LogP contribution in [0.25, 0.3) is 32.7 Å². The molecule has 1 aromatic carbocycles. The third-order valence-electron chi connectivity index (χ3n) is 4.76. The second-order valence-corrected chi connectivity index (χ2v) is 6.72. The number of pyridine rings is 3. The van der Waals surface area contributed by atoms with Crippen molar-refractivity contribution in [2.75, 3.05) is 24.3 Å². The van der Waals surface area contributed by atoms with Crippen LogP contribution < -0.4 is 10.2 Å². The molecule has 4 aromatic heterocycles. The maximum absolute atomic E-state index is 4.83. The second kappa shape index (κ2) is 5.95. The van der Waals surface area contributed by atoms with Gasteiger partial charge in [0, 0.05) is 54.0 Å². The number of H-pyrrole nitrogens is 1. The minimum absolute atomic E-state index is 0.776. The first-order chi connectivity index (χ1) is 13.2. The van der Waals surface area contributed by atoms with Crippen molar-refractivity contribution in [3.8, 4) is 0 Å². The minimum atomic E-state index is 0.776. The summed E-state index contributed by atoms with van der Waals surface area (Å²) in [6.07, 6.45) is 7.27. The first kappa shape index (κ1) is 15.6. The van der Waals surface area contributed by atoms with Gasteiger partial charge in [-0.05, 0) is 30.3 Å². The zero-order chi connectivity index (χ0) is 18.4. The SMILES string of the molecule is CN(C)c1cccc(Nc2nc3cnccc3c3c2[nH]c2cnccc23)c1. The van der Waals surface area contributed by atoms with Crippen molar-refractivity contribution in [3.05, 3.63) is 61.2 Å². The Morgan fingerprint density at radius 1 is 0.963 bits per heavy atom.